The molecule has 0 bridgehead atoms. The lowest BCUT2D eigenvalue weighted by Crippen LogP contribution is -2.26. The van der Waals surface area contributed by atoms with E-state index in [1.807, 2.05) is 26.2 Å². The number of anilines is 1. The Morgan fingerprint density at radius 1 is 1.07 bits per heavy atom. The summed E-state index contributed by atoms with van der Waals surface area (Å²) < 4.78 is 27.8. The maximum Gasteiger partial charge on any atom is 0.261 e. The third-order valence-electron chi connectivity index (χ3n) is 4.59. The Bertz CT molecular complexity index is 1140. The number of sulfonamides is 1. The minimum absolute atomic E-state index is 0.154. The third kappa shape index (κ3) is 5.02. The molecule has 1 heterocycles. The molecule has 0 saturated carbocycles. The second kappa shape index (κ2) is 8.34. The zero-order valence-corrected chi connectivity index (χ0v) is 18.4. The van der Waals surface area contributed by atoms with Gasteiger partial charge in [-0.1, -0.05) is 6.07 Å². The van der Waals surface area contributed by atoms with Crippen LogP contribution in [-0.2, 0) is 16.6 Å². The van der Waals surface area contributed by atoms with Gasteiger partial charge in [-0.25, -0.2) is 13.4 Å². The van der Waals surface area contributed by atoms with E-state index < -0.39 is 10.0 Å². The van der Waals surface area contributed by atoms with Crippen LogP contribution in [0.15, 0.2) is 52.7 Å². The Morgan fingerprint density at radius 2 is 1.76 bits per heavy atom. The molecule has 29 heavy (non-hydrogen) atoms. The van der Waals surface area contributed by atoms with Gasteiger partial charge in [0, 0.05) is 23.7 Å². The molecule has 0 atom stereocenters. The average Bonchev–Trinajstić information content (AvgIpc) is 3.08. The summed E-state index contributed by atoms with van der Waals surface area (Å²) in [4.78, 5) is 18.8. The number of hydrogen-bond acceptors (Lipinski definition) is 5. The number of nitrogens with one attached hydrogen (secondary N) is 1. The summed E-state index contributed by atoms with van der Waals surface area (Å²) in [5.41, 5.74) is 3.67. The Morgan fingerprint density at radius 3 is 2.34 bits per heavy atom. The standard InChI is InChI=1S/C21H23N3O3S2/c1-14-5-10-20(11-15(14)2)29(26,27)23-18-8-6-17(7-9-18)21(25)24(4)12-19-13-28-16(3)22-19/h5-11,13,23H,12H2,1-4H3. The molecule has 0 spiro atoms. The fourth-order valence-electron chi connectivity index (χ4n) is 2.79. The summed E-state index contributed by atoms with van der Waals surface area (Å²) in [7, 11) is -1.98. The second-order valence-electron chi connectivity index (χ2n) is 6.95. The molecule has 0 aliphatic carbocycles. The smallest absolute Gasteiger partial charge is 0.261 e. The molecule has 0 radical (unpaired) electrons. The molecule has 0 saturated heterocycles. The van der Waals surface area contributed by atoms with Crippen LogP contribution in [0.1, 0.15) is 32.2 Å². The fourth-order valence-corrected chi connectivity index (χ4v) is 4.54. The van der Waals surface area contributed by atoms with Gasteiger partial charge < -0.3 is 4.90 Å². The first-order chi connectivity index (χ1) is 13.7. The summed E-state index contributed by atoms with van der Waals surface area (Å²) in [6.45, 7) is 6.15. The molecule has 3 rings (SSSR count). The van der Waals surface area contributed by atoms with Gasteiger partial charge >= 0.3 is 0 Å². The van der Waals surface area contributed by atoms with Gasteiger partial charge in [0.05, 0.1) is 22.1 Å². The number of aryl methyl sites for hydroxylation is 3. The molecule has 0 fully saturated rings. The van der Waals surface area contributed by atoms with Crippen LogP contribution in [0, 0.1) is 20.8 Å². The normalized spacial score (nSPS) is 11.3. The number of carbonyl (C=O) groups excluding carboxylic acids is 1. The van der Waals surface area contributed by atoms with Gasteiger partial charge in [-0.05, 0) is 68.3 Å². The maximum atomic E-state index is 12.6. The highest BCUT2D eigenvalue weighted by Crippen LogP contribution is 2.20. The van der Waals surface area contributed by atoms with Gasteiger partial charge in [0.25, 0.3) is 15.9 Å². The Balaban J connectivity index is 1.70. The van der Waals surface area contributed by atoms with Crippen molar-refractivity contribution in [2.45, 2.75) is 32.2 Å². The predicted octanol–water partition coefficient (Wildman–Crippen LogP) is 4.14. The van der Waals surface area contributed by atoms with Crippen LogP contribution < -0.4 is 4.72 Å². The number of carbonyl (C=O) groups is 1. The van der Waals surface area contributed by atoms with E-state index in [9.17, 15) is 13.2 Å². The molecule has 0 aliphatic rings. The lowest BCUT2D eigenvalue weighted by atomic mass is 10.1. The summed E-state index contributed by atoms with van der Waals surface area (Å²) >= 11 is 1.55. The van der Waals surface area contributed by atoms with E-state index in [4.69, 9.17) is 0 Å². The molecule has 1 amide bonds. The van der Waals surface area contributed by atoms with Crippen LogP contribution in [0.3, 0.4) is 0 Å². The largest absolute Gasteiger partial charge is 0.336 e. The van der Waals surface area contributed by atoms with Crippen LogP contribution in [-0.4, -0.2) is 31.3 Å². The molecule has 2 aromatic carbocycles. The van der Waals surface area contributed by atoms with Crippen LogP contribution in [0.25, 0.3) is 0 Å². The first-order valence-corrected chi connectivity index (χ1v) is 11.4. The topological polar surface area (TPSA) is 79.4 Å². The van der Waals surface area contributed by atoms with Crippen LogP contribution in [0.5, 0.6) is 0 Å². The van der Waals surface area contributed by atoms with Crippen molar-refractivity contribution >= 4 is 33.0 Å². The van der Waals surface area contributed by atoms with E-state index in [1.165, 1.54) is 0 Å². The Kier molecular flexibility index (Phi) is 6.04. The molecule has 152 valence electrons. The average molecular weight is 430 g/mol. The highest BCUT2D eigenvalue weighted by molar-refractivity contribution is 7.92. The molecule has 3 aromatic rings. The zero-order valence-electron chi connectivity index (χ0n) is 16.8. The van der Waals surface area contributed by atoms with Crippen LogP contribution in [0.4, 0.5) is 5.69 Å². The van der Waals surface area contributed by atoms with E-state index in [0.29, 0.717) is 17.8 Å². The van der Waals surface area contributed by atoms with Gasteiger partial charge in [0.2, 0.25) is 0 Å². The van der Waals surface area contributed by atoms with Gasteiger partial charge in [-0.2, -0.15) is 0 Å². The monoisotopic (exact) mass is 429 g/mol. The molecular formula is C21H23N3O3S2. The van der Waals surface area contributed by atoms with E-state index in [2.05, 4.69) is 9.71 Å². The molecule has 0 unspecified atom stereocenters. The van der Waals surface area contributed by atoms with Gasteiger partial charge in [0.1, 0.15) is 0 Å². The van der Waals surface area contributed by atoms with Crippen molar-refractivity contribution in [2.24, 2.45) is 0 Å². The number of amides is 1. The molecule has 1 aromatic heterocycles. The molecule has 0 aliphatic heterocycles. The number of nitrogens with zero attached hydrogens (tertiary/aromatic N) is 2. The third-order valence-corrected chi connectivity index (χ3v) is 6.79. The fraction of sp³-hybridized carbons (Fsp3) is 0.238. The maximum absolute atomic E-state index is 12.6. The molecular weight excluding hydrogens is 406 g/mol. The number of rotatable bonds is 6. The number of aromatic nitrogens is 1. The highest BCUT2D eigenvalue weighted by atomic mass is 32.2. The number of thiazole rings is 1. The van der Waals surface area contributed by atoms with Crippen LogP contribution in [0.2, 0.25) is 0 Å². The van der Waals surface area contributed by atoms with Crippen molar-refractivity contribution in [3.63, 3.8) is 0 Å². The first kappa shape index (κ1) is 21.0. The van der Waals surface area contributed by atoms with Crippen molar-refractivity contribution in [3.05, 3.63) is 75.2 Å². The zero-order chi connectivity index (χ0) is 21.2. The predicted molar refractivity (Wildman–Crippen MR) is 116 cm³/mol. The van der Waals surface area contributed by atoms with Crippen molar-refractivity contribution in [1.82, 2.24) is 9.88 Å². The quantitative estimate of drug-likeness (QED) is 0.639. The minimum atomic E-state index is -3.69. The van der Waals surface area contributed by atoms with Crippen molar-refractivity contribution < 1.29 is 13.2 Å². The second-order valence-corrected chi connectivity index (χ2v) is 9.69. The van der Waals surface area contributed by atoms with E-state index >= 15 is 0 Å². The van der Waals surface area contributed by atoms with Crippen molar-refractivity contribution in [2.75, 3.05) is 11.8 Å². The SMILES string of the molecule is Cc1nc(CN(C)C(=O)c2ccc(NS(=O)(=O)c3ccc(C)c(C)c3)cc2)cs1. The summed E-state index contributed by atoms with van der Waals surface area (Å²) in [6, 6.07) is 11.4. The summed E-state index contributed by atoms with van der Waals surface area (Å²) in [6.07, 6.45) is 0. The molecule has 6 nitrogen and oxygen atoms in total. The van der Waals surface area contributed by atoms with E-state index in [1.54, 1.807) is 65.7 Å². The first-order valence-electron chi connectivity index (χ1n) is 9.02. The Labute approximate surface area is 175 Å². The van der Waals surface area contributed by atoms with Crippen molar-refractivity contribution in [3.8, 4) is 0 Å². The molecule has 8 heteroatoms. The van der Waals surface area contributed by atoms with Gasteiger partial charge in [-0.3, -0.25) is 9.52 Å². The lowest BCUT2D eigenvalue weighted by molar-refractivity contribution is 0.0783. The minimum Gasteiger partial charge on any atom is -0.336 e. The van der Waals surface area contributed by atoms with Crippen LogP contribution >= 0.6 is 11.3 Å². The van der Waals surface area contributed by atoms with E-state index in [0.717, 1.165) is 21.8 Å². The van der Waals surface area contributed by atoms with Gasteiger partial charge in [0.15, 0.2) is 0 Å². The van der Waals surface area contributed by atoms with E-state index in [-0.39, 0.29) is 10.8 Å². The highest BCUT2D eigenvalue weighted by Gasteiger charge is 2.17. The van der Waals surface area contributed by atoms with Gasteiger partial charge in [-0.15, -0.1) is 11.3 Å². The molecule has 1 N–H and O–H groups in total. The summed E-state index contributed by atoms with van der Waals surface area (Å²) in [5, 5.41) is 2.89. The summed E-state index contributed by atoms with van der Waals surface area (Å²) in [5.74, 6) is -0.154. The Hall–Kier alpha value is -2.71. The lowest BCUT2D eigenvalue weighted by Gasteiger charge is -2.16. The number of hydrogen-bond donors (Lipinski definition) is 1. The van der Waals surface area contributed by atoms with Crippen molar-refractivity contribution in [1.29, 1.82) is 0 Å². The number of benzene rings is 2.